The number of amides is 2. The van der Waals surface area contributed by atoms with E-state index in [-0.39, 0.29) is 11.6 Å². The van der Waals surface area contributed by atoms with Gasteiger partial charge in [0.15, 0.2) is 0 Å². The fraction of sp³-hybridized carbons (Fsp3) is 0.188. The van der Waals surface area contributed by atoms with Crippen molar-refractivity contribution in [1.29, 1.82) is 0 Å². The van der Waals surface area contributed by atoms with Gasteiger partial charge in [0.05, 0.1) is 5.56 Å². The second-order valence-corrected chi connectivity index (χ2v) is 4.66. The maximum Gasteiger partial charge on any atom is 0.336 e. The molecule has 0 atom stereocenters. The van der Waals surface area contributed by atoms with Crippen molar-refractivity contribution < 1.29 is 14.7 Å². The molecule has 0 fully saturated rings. The van der Waals surface area contributed by atoms with Crippen molar-refractivity contribution >= 4 is 17.7 Å². The lowest BCUT2D eigenvalue weighted by Gasteiger charge is -2.13. The molecule has 6 heteroatoms. The van der Waals surface area contributed by atoms with Crippen LogP contribution in [0, 0.1) is 0 Å². The normalized spacial score (nSPS) is 10.0. The molecule has 0 spiro atoms. The Labute approximate surface area is 128 Å². The molecule has 0 saturated heterocycles. The first kappa shape index (κ1) is 15.5. The molecule has 0 aliphatic rings. The fourth-order valence-corrected chi connectivity index (χ4v) is 2.14. The number of aromatic carboxylic acids is 1. The van der Waals surface area contributed by atoms with Crippen LogP contribution in [0.1, 0.15) is 28.4 Å². The topological polar surface area (TPSA) is 91.3 Å². The number of benzene rings is 1. The molecule has 2 amide bonds. The van der Waals surface area contributed by atoms with Gasteiger partial charge < -0.3 is 15.7 Å². The van der Waals surface area contributed by atoms with Crippen LogP contribution < -0.4 is 10.6 Å². The number of pyridine rings is 1. The molecule has 0 bridgehead atoms. The Hall–Kier alpha value is -2.89. The first-order valence-corrected chi connectivity index (χ1v) is 6.90. The van der Waals surface area contributed by atoms with Gasteiger partial charge in [-0.1, -0.05) is 19.1 Å². The average Bonchev–Trinajstić information content (AvgIpc) is 2.53. The molecule has 0 radical (unpaired) electrons. The highest BCUT2D eigenvalue weighted by Gasteiger charge is 2.13. The molecule has 1 aromatic carbocycles. The number of aromatic nitrogens is 1. The van der Waals surface area contributed by atoms with Crippen LogP contribution in [0.3, 0.4) is 0 Å². The predicted octanol–water partition coefficient (Wildman–Crippen LogP) is 2.66. The van der Waals surface area contributed by atoms with Crippen LogP contribution in [-0.2, 0) is 13.0 Å². The zero-order valence-electron chi connectivity index (χ0n) is 12.2. The Morgan fingerprint density at radius 3 is 2.68 bits per heavy atom. The van der Waals surface area contributed by atoms with Gasteiger partial charge in [0.25, 0.3) is 0 Å². The maximum absolute atomic E-state index is 11.9. The van der Waals surface area contributed by atoms with Crippen molar-refractivity contribution in [3.63, 3.8) is 0 Å². The third kappa shape index (κ3) is 3.82. The predicted molar refractivity (Wildman–Crippen MR) is 82.9 cm³/mol. The van der Waals surface area contributed by atoms with Crippen LogP contribution in [0.5, 0.6) is 0 Å². The molecule has 2 aromatic rings. The minimum absolute atomic E-state index is 0.201. The Morgan fingerprint density at radius 1 is 1.23 bits per heavy atom. The first-order chi connectivity index (χ1) is 10.6. The van der Waals surface area contributed by atoms with E-state index in [1.807, 2.05) is 13.0 Å². The van der Waals surface area contributed by atoms with Crippen LogP contribution in [0.25, 0.3) is 0 Å². The molecule has 0 unspecified atom stereocenters. The Balaban J connectivity index is 2.05. The van der Waals surface area contributed by atoms with Gasteiger partial charge in [-0.2, -0.15) is 0 Å². The Kier molecular flexibility index (Phi) is 5.08. The summed E-state index contributed by atoms with van der Waals surface area (Å²) in [4.78, 5) is 27.1. The summed E-state index contributed by atoms with van der Waals surface area (Å²) < 4.78 is 0. The molecule has 0 aliphatic heterocycles. The number of carboxylic acid groups (broad SMARTS) is 1. The van der Waals surface area contributed by atoms with Crippen molar-refractivity contribution in [3.8, 4) is 0 Å². The number of hydrogen-bond donors (Lipinski definition) is 3. The van der Waals surface area contributed by atoms with E-state index in [9.17, 15) is 14.7 Å². The quantitative estimate of drug-likeness (QED) is 0.791. The Morgan fingerprint density at radius 2 is 2.05 bits per heavy atom. The number of nitrogens with one attached hydrogen (secondary N) is 2. The van der Waals surface area contributed by atoms with Gasteiger partial charge in [-0.15, -0.1) is 0 Å². The molecular weight excluding hydrogens is 282 g/mol. The number of rotatable bonds is 5. The molecule has 1 aromatic heterocycles. The standard InChI is InChI=1S/C16H17N3O3/c1-2-12-13(15(20)21)6-3-7-14(12)19-16(22)18-10-11-5-4-8-17-9-11/h3-9H,2,10H2,1H3,(H,20,21)(H2,18,19,22). The molecule has 2 rings (SSSR count). The van der Waals surface area contributed by atoms with Crippen molar-refractivity contribution in [2.45, 2.75) is 19.9 Å². The van der Waals surface area contributed by atoms with E-state index in [1.165, 1.54) is 6.07 Å². The lowest BCUT2D eigenvalue weighted by atomic mass is 10.0. The van der Waals surface area contributed by atoms with Gasteiger partial charge >= 0.3 is 12.0 Å². The number of urea groups is 1. The number of carbonyl (C=O) groups is 2. The minimum atomic E-state index is -1.00. The van der Waals surface area contributed by atoms with Crippen molar-refractivity contribution in [1.82, 2.24) is 10.3 Å². The molecule has 6 nitrogen and oxygen atoms in total. The first-order valence-electron chi connectivity index (χ1n) is 6.90. The number of hydrogen-bond acceptors (Lipinski definition) is 3. The van der Waals surface area contributed by atoms with Gasteiger partial charge in [-0.3, -0.25) is 4.98 Å². The fourth-order valence-electron chi connectivity index (χ4n) is 2.14. The smallest absolute Gasteiger partial charge is 0.336 e. The summed E-state index contributed by atoms with van der Waals surface area (Å²) in [6.45, 7) is 2.19. The zero-order valence-corrected chi connectivity index (χ0v) is 12.2. The molecule has 0 aliphatic carbocycles. The lowest BCUT2D eigenvalue weighted by molar-refractivity contribution is 0.0695. The summed E-state index contributed by atoms with van der Waals surface area (Å²) >= 11 is 0. The van der Waals surface area contributed by atoms with Crippen LogP contribution >= 0.6 is 0 Å². The summed E-state index contributed by atoms with van der Waals surface area (Å²) in [5, 5.41) is 14.6. The molecule has 22 heavy (non-hydrogen) atoms. The van der Waals surface area contributed by atoms with Gasteiger partial charge in [0.2, 0.25) is 0 Å². The van der Waals surface area contributed by atoms with E-state index < -0.39 is 5.97 Å². The van der Waals surface area contributed by atoms with E-state index >= 15 is 0 Å². The number of carboxylic acids is 1. The number of carbonyl (C=O) groups excluding carboxylic acids is 1. The average molecular weight is 299 g/mol. The summed E-state index contributed by atoms with van der Waals surface area (Å²) in [6.07, 6.45) is 3.85. The minimum Gasteiger partial charge on any atom is -0.478 e. The highest BCUT2D eigenvalue weighted by atomic mass is 16.4. The van der Waals surface area contributed by atoms with Crippen molar-refractivity contribution in [3.05, 3.63) is 59.4 Å². The third-order valence-electron chi connectivity index (χ3n) is 3.18. The Bertz CT molecular complexity index is 672. The zero-order chi connectivity index (χ0) is 15.9. The summed E-state index contributed by atoms with van der Waals surface area (Å²) in [6, 6.07) is 8.09. The second-order valence-electron chi connectivity index (χ2n) is 4.66. The monoisotopic (exact) mass is 299 g/mol. The van der Waals surface area contributed by atoms with E-state index in [2.05, 4.69) is 15.6 Å². The second kappa shape index (κ2) is 7.21. The van der Waals surface area contributed by atoms with E-state index in [0.717, 1.165) is 5.56 Å². The van der Waals surface area contributed by atoms with Crippen LogP contribution in [0.4, 0.5) is 10.5 Å². The van der Waals surface area contributed by atoms with Crippen LogP contribution in [0.15, 0.2) is 42.7 Å². The van der Waals surface area contributed by atoms with Gasteiger partial charge in [-0.05, 0) is 35.7 Å². The van der Waals surface area contributed by atoms with Crippen LogP contribution in [0.2, 0.25) is 0 Å². The van der Waals surface area contributed by atoms with Crippen LogP contribution in [-0.4, -0.2) is 22.1 Å². The molecule has 3 N–H and O–H groups in total. The summed E-state index contributed by atoms with van der Waals surface area (Å²) in [5.74, 6) is -1.00. The SMILES string of the molecule is CCc1c(NC(=O)NCc2cccnc2)cccc1C(=O)O. The van der Waals surface area contributed by atoms with Gasteiger partial charge in [-0.25, -0.2) is 9.59 Å². The molecular formula is C16H17N3O3. The summed E-state index contributed by atoms with van der Waals surface area (Å²) in [7, 11) is 0. The van der Waals surface area contributed by atoms with Gasteiger partial charge in [0, 0.05) is 24.6 Å². The van der Waals surface area contributed by atoms with E-state index in [1.54, 1.807) is 30.6 Å². The summed E-state index contributed by atoms with van der Waals surface area (Å²) in [5.41, 5.74) is 2.19. The van der Waals surface area contributed by atoms with Crippen molar-refractivity contribution in [2.75, 3.05) is 5.32 Å². The highest BCUT2D eigenvalue weighted by Crippen LogP contribution is 2.20. The highest BCUT2D eigenvalue weighted by molar-refractivity contribution is 5.95. The van der Waals surface area contributed by atoms with Gasteiger partial charge in [0.1, 0.15) is 0 Å². The largest absolute Gasteiger partial charge is 0.478 e. The number of nitrogens with zero attached hydrogens (tertiary/aromatic N) is 1. The third-order valence-corrected chi connectivity index (χ3v) is 3.18. The molecule has 0 saturated carbocycles. The number of anilines is 1. The molecule has 1 heterocycles. The lowest BCUT2D eigenvalue weighted by Crippen LogP contribution is -2.28. The maximum atomic E-state index is 11.9. The molecule has 114 valence electrons. The van der Waals surface area contributed by atoms with E-state index in [0.29, 0.717) is 24.2 Å². The van der Waals surface area contributed by atoms with E-state index in [4.69, 9.17) is 0 Å². The van der Waals surface area contributed by atoms with Crippen molar-refractivity contribution in [2.24, 2.45) is 0 Å².